The first-order valence-corrected chi connectivity index (χ1v) is 7.98. The SMILES string of the molecule is COCCC(C)NC(=O)C(c1cccc(F)c1)N1CCOCC1. The molecule has 2 rings (SSSR count). The van der Waals surface area contributed by atoms with Crippen LogP contribution in [0.2, 0.25) is 0 Å². The third kappa shape index (κ3) is 5.27. The molecule has 1 aliphatic rings. The van der Waals surface area contributed by atoms with Crippen molar-refractivity contribution >= 4 is 5.91 Å². The number of hydrogen-bond donors (Lipinski definition) is 1. The Morgan fingerprint density at radius 1 is 1.43 bits per heavy atom. The van der Waals surface area contributed by atoms with Crippen molar-refractivity contribution < 1.29 is 18.7 Å². The molecule has 1 aromatic rings. The number of hydrogen-bond acceptors (Lipinski definition) is 4. The molecule has 6 heteroatoms. The maximum absolute atomic E-state index is 13.6. The molecule has 0 bridgehead atoms. The minimum Gasteiger partial charge on any atom is -0.385 e. The fourth-order valence-corrected chi connectivity index (χ4v) is 2.73. The number of amides is 1. The van der Waals surface area contributed by atoms with E-state index in [4.69, 9.17) is 9.47 Å². The van der Waals surface area contributed by atoms with Crippen molar-refractivity contribution in [2.45, 2.75) is 25.4 Å². The van der Waals surface area contributed by atoms with E-state index in [1.54, 1.807) is 19.2 Å². The van der Waals surface area contributed by atoms with Crippen LogP contribution in [0.1, 0.15) is 24.9 Å². The molecule has 1 amide bonds. The van der Waals surface area contributed by atoms with Gasteiger partial charge in [-0.3, -0.25) is 9.69 Å². The average Bonchev–Trinajstić information content (AvgIpc) is 2.54. The van der Waals surface area contributed by atoms with Gasteiger partial charge in [-0.2, -0.15) is 0 Å². The van der Waals surface area contributed by atoms with Crippen molar-refractivity contribution in [2.75, 3.05) is 40.0 Å². The largest absolute Gasteiger partial charge is 0.385 e. The average molecular weight is 324 g/mol. The summed E-state index contributed by atoms with van der Waals surface area (Å²) in [6.45, 7) is 5.00. The van der Waals surface area contributed by atoms with Crippen molar-refractivity contribution in [1.29, 1.82) is 0 Å². The first-order valence-electron chi connectivity index (χ1n) is 7.98. The maximum atomic E-state index is 13.6. The van der Waals surface area contributed by atoms with Crippen LogP contribution in [0.3, 0.4) is 0 Å². The molecule has 0 saturated carbocycles. The zero-order valence-corrected chi connectivity index (χ0v) is 13.8. The second-order valence-electron chi connectivity index (χ2n) is 5.80. The molecule has 0 spiro atoms. The number of nitrogens with zero attached hydrogens (tertiary/aromatic N) is 1. The molecule has 1 fully saturated rings. The van der Waals surface area contributed by atoms with Gasteiger partial charge in [0.2, 0.25) is 5.91 Å². The van der Waals surface area contributed by atoms with Crippen molar-refractivity contribution in [3.63, 3.8) is 0 Å². The molecular weight excluding hydrogens is 299 g/mol. The van der Waals surface area contributed by atoms with E-state index < -0.39 is 6.04 Å². The van der Waals surface area contributed by atoms with Crippen molar-refractivity contribution in [3.05, 3.63) is 35.6 Å². The highest BCUT2D eigenvalue weighted by atomic mass is 19.1. The van der Waals surface area contributed by atoms with Crippen LogP contribution >= 0.6 is 0 Å². The lowest BCUT2D eigenvalue weighted by Crippen LogP contribution is -2.47. The number of rotatable bonds is 7. The Morgan fingerprint density at radius 2 is 2.17 bits per heavy atom. The van der Waals surface area contributed by atoms with Crippen LogP contribution in [-0.2, 0) is 14.3 Å². The van der Waals surface area contributed by atoms with Gasteiger partial charge in [0.15, 0.2) is 0 Å². The molecule has 23 heavy (non-hydrogen) atoms. The summed E-state index contributed by atoms with van der Waals surface area (Å²) in [6, 6.07) is 5.75. The predicted molar refractivity (Wildman–Crippen MR) is 85.6 cm³/mol. The molecule has 0 radical (unpaired) electrons. The number of carbonyl (C=O) groups is 1. The quantitative estimate of drug-likeness (QED) is 0.830. The van der Waals surface area contributed by atoms with Crippen molar-refractivity contribution in [2.24, 2.45) is 0 Å². The summed E-state index contributed by atoms with van der Waals surface area (Å²) in [6.07, 6.45) is 0.737. The molecule has 128 valence electrons. The Hall–Kier alpha value is -1.50. The van der Waals surface area contributed by atoms with Crippen LogP contribution in [0.25, 0.3) is 0 Å². The Balaban J connectivity index is 2.13. The van der Waals surface area contributed by atoms with Gasteiger partial charge < -0.3 is 14.8 Å². The summed E-state index contributed by atoms with van der Waals surface area (Å²) in [7, 11) is 1.64. The number of benzene rings is 1. The third-order valence-corrected chi connectivity index (χ3v) is 3.97. The summed E-state index contributed by atoms with van der Waals surface area (Å²) in [5, 5.41) is 3.01. The molecule has 5 nitrogen and oxygen atoms in total. The standard InChI is InChI=1S/C17H25FN2O3/c1-13(6-9-22-2)19-17(21)16(20-7-10-23-11-8-20)14-4-3-5-15(18)12-14/h3-5,12-13,16H,6-11H2,1-2H3,(H,19,21). The van der Waals surface area contributed by atoms with E-state index in [0.29, 0.717) is 38.5 Å². The number of nitrogens with one attached hydrogen (secondary N) is 1. The van der Waals surface area contributed by atoms with Gasteiger partial charge in [0.05, 0.1) is 13.2 Å². The highest BCUT2D eigenvalue weighted by Gasteiger charge is 2.29. The van der Waals surface area contributed by atoms with Gasteiger partial charge in [-0.1, -0.05) is 12.1 Å². The van der Waals surface area contributed by atoms with Gasteiger partial charge in [0, 0.05) is 32.8 Å². The van der Waals surface area contributed by atoms with E-state index >= 15 is 0 Å². The summed E-state index contributed by atoms with van der Waals surface area (Å²) in [4.78, 5) is 14.8. The van der Waals surface area contributed by atoms with E-state index in [0.717, 1.165) is 6.42 Å². The van der Waals surface area contributed by atoms with Crippen LogP contribution in [0.4, 0.5) is 4.39 Å². The number of halogens is 1. The Morgan fingerprint density at radius 3 is 2.83 bits per heavy atom. The van der Waals surface area contributed by atoms with Gasteiger partial charge in [-0.25, -0.2) is 4.39 Å². The maximum Gasteiger partial charge on any atom is 0.242 e. The first kappa shape index (κ1) is 17.8. The highest BCUT2D eigenvalue weighted by molar-refractivity contribution is 5.83. The minimum atomic E-state index is -0.500. The zero-order valence-electron chi connectivity index (χ0n) is 13.8. The summed E-state index contributed by atoms with van der Waals surface area (Å²) >= 11 is 0. The summed E-state index contributed by atoms with van der Waals surface area (Å²) in [5.41, 5.74) is 0.670. The molecule has 1 N–H and O–H groups in total. The minimum absolute atomic E-state index is 0.000417. The molecule has 0 aliphatic carbocycles. The molecule has 2 unspecified atom stereocenters. The fourth-order valence-electron chi connectivity index (χ4n) is 2.73. The van der Waals surface area contributed by atoms with Crippen molar-refractivity contribution in [1.82, 2.24) is 10.2 Å². The van der Waals surface area contributed by atoms with E-state index in [2.05, 4.69) is 5.32 Å². The Kier molecular flexibility index (Phi) is 6.95. The van der Waals surface area contributed by atoms with Gasteiger partial charge in [0.25, 0.3) is 0 Å². The Bertz CT molecular complexity index is 506. The topological polar surface area (TPSA) is 50.8 Å². The number of ether oxygens (including phenoxy) is 2. The van der Waals surface area contributed by atoms with Gasteiger partial charge in [-0.15, -0.1) is 0 Å². The lowest BCUT2D eigenvalue weighted by Gasteiger charge is -2.34. The molecule has 0 aromatic heterocycles. The molecule has 2 atom stereocenters. The van der Waals surface area contributed by atoms with Crippen LogP contribution in [-0.4, -0.2) is 56.9 Å². The zero-order chi connectivity index (χ0) is 16.7. The van der Waals surface area contributed by atoms with Gasteiger partial charge >= 0.3 is 0 Å². The van der Waals surface area contributed by atoms with E-state index in [9.17, 15) is 9.18 Å². The predicted octanol–water partition coefficient (Wildman–Crippen LogP) is 1.74. The normalized spacial score (nSPS) is 18.4. The second-order valence-corrected chi connectivity index (χ2v) is 5.80. The van der Waals surface area contributed by atoms with Crippen LogP contribution in [0.5, 0.6) is 0 Å². The summed E-state index contributed by atoms with van der Waals surface area (Å²) < 4.78 is 24.0. The van der Waals surface area contributed by atoms with Crippen molar-refractivity contribution in [3.8, 4) is 0 Å². The molecule has 1 saturated heterocycles. The number of carbonyl (C=O) groups excluding carboxylic acids is 1. The first-order chi connectivity index (χ1) is 11.1. The van der Waals surface area contributed by atoms with E-state index in [1.165, 1.54) is 12.1 Å². The molecular formula is C17H25FN2O3. The van der Waals surface area contributed by atoms with Crippen LogP contribution < -0.4 is 5.32 Å². The third-order valence-electron chi connectivity index (χ3n) is 3.97. The second kappa shape index (κ2) is 8.96. The van der Waals surface area contributed by atoms with Crippen LogP contribution in [0, 0.1) is 5.82 Å². The number of morpholine rings is 1. The lowest BCUT2D eigenvalue weighted by atomic mass is 10.0. The Labute approximate surface area is 136 Å². The van der Waals surface area contributed by atoms with Gasteiger partial charge in [-0.05, 0) is 31.0 Å². The molecule has 1 aromatic carbocycles. The molecule has 1 heterocycles. The monoisotopic (exact) mass is 324 g/mol. The number of methoxy groups -OCH3 is 1. The summed E-state index contributed by atoms with van der Waals surface area (Å²) in [5.74, 6) is -0.443. The van der Waals surface area contributed by atoms with E-state index in [1.807, 2.05) is 11.8 Å². The smallest absolute Gasteiger partial charge is 0.242 e. The van der Waals surface area contributed by atoms with E-state index in [-0.39, 0.29) is 17.8 Å². The highest BCUT2D eigenvalue weighted by Crippen LogP contribution is 2.23. The molecule has 1 aliphatic heterocycles. The van der Waals surface area contributed by atoms with Crippen LogP contribution in [0.15, 0.2) is 24.3 Å². The lowest BCUT2D eigenvalue weighted by molar-refractivity contribution is -0.129. The fraction of sp³-hybridized carbons (Fsp3) is 0.588. The van der Waals surface area contributed by atoms with Gasteiger partial charge in [0.1, 0.15) is 11.9 Å².